The van der Waals surface area contributed by atoms with Crippen molar-refractivity contribution in [3.63, 3.8) is 0 Å². The molecule has 1 aromatic rings. The molecule has 1 aromatic carbocycles. The third kappa shape index (κ3) is 6.50. The molecule has 1 amide bonds. The van der Waals surface area contributed by atoms with E-state index in [9.17, 15) is 9.90 Å². The smallest absolute Gasteiger partial charge is 0.255 e. The maximum Gasteiger partial charge on any atom is 0.255 e. The van der Waals surface area contributed by atoms with Crippen LogP contribution >= 0.6 is 0 Å². The quantitative estimate of drug-likeness (QED) is 0.537. The molecule has 9 nitrogen and oxygen atoms in total. The zero-order valence-electron chi connectivity index (χ0n) is 19.7. The van der Waals surface area contributed by atoms with Gasteiger partial charge in [0.2, 0.25) is 0 Å². The summed E-state index contributed by atoms with van der Waals surface area (Å²) in [6, 6.07) is 3.92. The Morgan fingerprint density at radius 1 is 1.18 bits per heavy atom. The second-order valence-corrected chi connectivity index (χ2v) is 9.29. The highest BCUT2D eigenvalue weighted by Crippen LogP contribution is 2.37. The SMILES string of the molecule is CC(C)Nc1cc2c(c(C(=O)NC[C@@H]3CCN(CCC4OCCO4)C[C@H]3O)c1)OCCCO2. The zero-order chi connectivity index (χ0) is 23.2. The number of nitrogens with one attached hydrogen (secondary N) is 2. The van der Waals surface area contributed by atoms with Crippen LogP contribution in [0.5, 0.6) is 11.5 Å². The molecule has 3 N–H and O–H groups in total. The first kappa shape index (κ1) is 24.1. The Kier molecular flexibility index (Phi) is 8.29. The van der Waals surface area contributed by atoms with Crippen LogP contribution in [0.25, 0.3) is 0 Å². The lowest BCUT2D eigenvalue weighted by molar-refractivity contribution is -0.0576. The zero-order valence-corrected chi connectivity index (χ0v) is 19.7. The molecule has 0 saturated carbocycles. The number of nitrogens with zero attached hydrogens (tertiary/aromatic N) is 1. The van der Waals surface area contributed by atoms with E-state index in [0.29, 0.717) is 56.6 Å². The van der Waals surface area contributed by atoms with Crippen LogP contribution in [0.15, 0.2) is 12.1 Å². The van der Waals surface area contributed by atoms with Crippen LogP contribution in [0.1, 0.15) is 43.5 Å². The number of anilines is 1. The van der Waals surface area contributed by atoms with Crippen LogP contribution in [0, 0.1) is 5.92 Å². The first-order valence-electron chi connectivity index (χ1n) is 12.1. The molecule has 3 aliphatic rings. The Morgan fingerprint density at radius 2 is 1.97 bits per heavy atom. The molecule has 0 aliphatic carbocycles. The summed E-state index contributed by atoms with van der Waals surface area (Å²) in [5, 5.41) is 17.0. The standard InChI is InChI=1S/C24H37N3O6/c1-16(2)26-18-12-19(23-21(13-18)30-8-3-9-33-23)24(29)25-14-17-4-6-27(15-20(17)28)7-5-22-31-10-11-32-22/h12-13,16-17,20,22,26,28H,3-11,14-15H2,1-2H3,(H,25,29)/t17-,20+/m0/s1. The maximum absolute atomic E-state index is 13.1. The Hall–Kier alpha value is -2.07. The fourth-order valence-corrected chi connectivity index (χ4v) is 4.53. The molecule has 2 fully saturated rings. The Balaban J connectivity index is 1.33. The number of piperidine rings is 1. The largest absolute Gasteiger partial charge is 0.489 e. The number of hydrogen-bond acceptors (Lipinski definition) is 8. The summed E-state index contributed by atoms with van der Waals surface area (Å²) in [5.74, 6) is 0.879. The Bertz CT molecular complexity index is 799. The maximum atomic E-state index is 13.1. The fraction of sp³-hybridized carbons (Fsp3) is 0.708. The number of aliphatic hydroxyl groups is 1. The first-order chi connectivity index (χ1) is 16.0. The molecular formula is C24H37N3O6. The van der Waals surface area contributed by atoms with Gasteiger partial charge in [0, 0.05) is 56.2 Å². The molecule has 0 unspecified atom stereocenters. The molecule has 3 aliphatic heterocycles. The van der Waals surface area contributed by atoms with E-state index in [-0.39, 0.29) is 24.2 Å². The van der Waals surface area contributed by atoms with Gasteiger partial charge in [0.15, 0.2) is 17.8 Å². The molecule has 0 radical (unpaired) electrons. The lowest BCUT2D eigenvalue weighted by Crippen LogP contribution is -2.48. The van der Waals surface area contributed by atoms with E-state index in [4.69, 9.17) is 18.9 Å². The second-order valence-electron chi connectivity index (χ2n) is 9.29. The van der Waals surface area contributed by atoms with Crippen LogP contribution in [-0.2, 0) is 9.47 Å². The van der Waals surface area contributed by atoms with Gasteiger partial charge in [-0.25, -0.2) is 0 Å². The molecular weight excluding hydrogens is 426 g/mol. The molecule has 0 bridgehead atoms. The first-order valence-corrected chi connectivity index (χ1v) is 12.1. The minimum atomic E-state index is -0.491. The number of β-amino-alcohol motifs (C(OH)–C–C–N with tert-alkyl or cyclic N) is 1. The van der Waals surface area contributed by atoms with E-state index in [2.05, 4.69) is 15.5 Å². The van der Waals surface area contributed by atoms with Crippen molar-refractivity contribution in [2.45, 2.75) is 51.5 Å². The van der Waals surface area contributed by atoms with E-state index < -0.39 is 6.10 Å². The van der Waals surface area contributed by atoms with Crippen LogP contribution in [0.4, 0.5) is 5.69 Å². The summed E-state index contributed by atoms with van der Waals surface area (Å²) < 4.78 is 22.7. The van der Waals surface area contributed by atoms with Crippen molar-refractivity contribution >= 4 is 11.6 Å². The average molecular weight is 464 g/mol. The molecule has 0 spiro atoms. The van der Waals surface area contributed by atoms with Crippen molar-refractivity contribution in [1.82, 2.24) is 10.2 Å². The van der Waals surface area contributed by atoms with Gasteiger partial charge in [0.1, 0.15) is 0 Å². The number of rotatable bonds is 8. The number of likely N-dealkylation sites (tertiary alicyclic amines) is 1. The molecule has 0 aromatic heterocycles. The van der Waals surface area contributed by atoms with E-state index >= 15 is 0 Å². The molecule has 33 heavy (non-hydrogen) atoms. The van der Waals surface area contributed by atoms with Gasteiger partial charge in [-0.15, -0.1) is 0 Å². The summed E-state index contributed by atoms with van der Waals surface area (Å²) in [6.07, 6.45) is 1.78. The molecule has 184 valence electrons. The summed E-state index contributed by atoms with van der Waals surface area (Å²) in [6.45, 7) is 9.20. The topological polar surface area (TPSA) is 102 Å². The lowest BCUT2D eigenvalue weighted by atomic mass is 9.93. The summed E-state index contributed by atoms with van der Waals surface area (Å²) in [7, 11) is 0. The van der Waals surface area contributed by atoms with Crippen LogP contribution in [0.2, 0.25) is 0 Å². The number of aliphatic hydroxyl groups excluding tert-OH is 1. The number of hydrogen-bond donors (Lipinski definition) is 3. The highest BCUT2D eigenvalue weighted by atomic mass is 16.7. The van der Waals surface area contributed by atoms with Crippen molar-refractivity contribution in [2.24, 2.45) is 5.92 Å². The Morgan fingerprint density at radius 3 is 2.73 bits per heavy atom. The number of amides is 1. The van der Waals surface area contributed by atoms with Gasteiger partial charge in [-0.05, 0) is 32.9 Å². The van der Waals surface area contributed by atoms with Crippen molar-refractivity contribution in [2.75, 3.05) is 57.9 Å². The van der Waals surface area contributed by atoms with Gasteiger partial charge in [0.05, 0.1) is 38.1 Å². The average Bonchev–Trinajstić information content (AvgIpc) is 3.20. The minimum Gasteiger partial charge on any atom is -0.489 e. The summed E-state index contributed by atoms with van der Waals surface area (Å²) >= 11 is 0. The molecule has 3 heterocycles. The third-order valence-electron chi connectivity index (χ3n) is 6.25. The van der Waals surface area contributed by atoms with Gasteiger partial charge in [-0.1, -0.05) is 0 Å². The monoisotopic (exact) mass is 463 g/mol. The van der Waals surface area contributed by atoms with E-state index in [1.807, 2.05) is 26.0 Å². The summed E-state index contributed by atoms with van der Waals surface area (Å²) in [5.41, 5.74) is 1.28. The Labute approximate surface area is 195 Å². The number of fused-ring (bicyclic) bond motifs is 1. The highest BCUT2D eigenvalue weighted by Gasteiger charge is 2.29. The van der Waals surface area contributed by atoms with E-state index in [1.54, 1.807) is 0 Å². The fourth-order valence-electron chi connectivity index (χ4n) is 4.53. The van der Waals surface area contributed by atoms with Crippen LogP contribution in [-0.4, -0.2) is 87.0 Å². The van der Waals surface area contributed by atoms with Crippen LogP contribution in [0.3, 0.4) is 0 Å². The number of benzene rings is 1. The van der Waals surface area contributed by atoms with Crippen molar-refractivity contribution in [3.8, 4) is 11.5 Å². The normalized spacial score (nSPS) is 24.0. The van der Waals surface area contributed by atoms with Gasteiger partial charge in [-0.3, -0.25) is 4.79 Å². The van der Waals surface area contributed by atoms with E-state index in [0.717, 1.165) is 38.0 Å². The summed E-state index contributed by atoms with van der Waals surface area (Å²) in [4.78, 5) is 15.4. The van der Waals surface area contributed by atoms with E-state index in [1.165, 1.54) is 0 Å². The van der Waals surface area contributed by atoms with Gasteiger partial charge in [-0.2, -0.15) is 0 Å². The van der Waals surface area contributed by atoms with Crippen molar-refractivity contribution in [3.05, 3.63) is 17.7 Å². The molecule has 2 atom stereocenters. The lowest BCUT2D eigenvalue weighted by Gasteiger charge is -2.36. The predicted molar refractivity (Wildman–Crippen MR) is 124 cm³/mol. The highest BCUT2D eigenvalue weighted by molar-refractivity contribution is 5.99. The third-order valence-corrected chi connectivity index (χ3v) is 6.25. The predicted octanol–water partition coefficient (Wildman–Crippen LogP) is 1.84. The van der Waals surface area contributed by atoms with Crippen molar-refractivity contribution in [1.29, 1.82) is 0 Å². The molecule has 9 heteroatoms. The number of ether oxygens (including phenoxy) is 4. The van der Waals surface area contributed by atoms with Gasteiger partial charge >= 0.3 is 0 Å². The molecule has 4 rings (SSSR count). The number of carbonyl (C=O) groups is 1. The van der Waals surface area contributed by atoms with Crippen molar-refractivity contribution < 1.29 is 28.8 Å². The van der Waals surface area contributed by atoms with Gasteiger partial charge in [0.25, 0.3) is 5.91 Å². The minimum absolute atomic E-state index is 0.0110. The second kappa shape index (κ2) is 11.4. The van der Waals surface area contributed by atoms with Gasteiger partial charge < -0.3 is 39.6 Å². The molecule has 2 saturated heterocycles. The van der Waals surface area contributed by atoms with Crippen LogP contribution < -0.4 is 20.1 Å². The number of carbonyl (C=O) groups excluding carboxylic acids is 1.